The van der Waals surface area contributed by atoms with E-state index in [1.165, 1.54) is 0 Å². The van der Waals surface area contributed by atoms with E-state index in [0.717, 1.165) is 5.56 Å². The molecule has 0 unspecified atom stereocenters. The third-order valence-electron chi connectivity index (χ3n) is 3.02. The number of ether oxygens (including phenoxy) is 1. The molecule has 1 atom stereocenters. The third kappa shape index (κ3) is 8.30. The van der Waals surface area contributed by atoms with Crippen molar-refractivity contribution in [2.75, 3.05) is 6.54 Å². The van der Waals surface area contributed by atoms with E-state index in [2.05, 4.69) is 10.6 Å². The summed E-state index contributed by atoms with van der Waals surface area (Å²) in [5.74, 6) is -1.13. The van der Waals surface area contributed by atoms with Gasteiger partial charge in [0.15, 0.2) is 0 Å². The SMILES string of the molecule is NC(=O)NCCCC[C@H](NC(=O)OCc1ccccc1)C(=O)O. The summed E-state index contributed by atoms with van der Waals surface area (Å²) >= 11 is 0. The number of unbranched alkanes of at least 4 members (excludes halogenated alkanes) is 1. The first-order valence-corrected chi connectivity index (χ1v) is 7.22. The largest absolute Gasteiger partial charge is 0.480 e. The quantitative estimate of drug-likeness (QED) is 0.507. The van der Waals surface area contributed by atoms with Gasteiger partial charge in [0.25, 0.3) is 0 Å². The molecule has 1 rings (SSSR count). The number of amides is 3. The number of benzene rings is 1. The standard InChI is InChI=1S/C15H21N3O5/c16-14(21)17-9-5-4-8-12(13(19)20)18-15(22)23-10-11-6-2-1-3-7-11/h1-3,6-7,12H,4-5,8-10H2,(H,18,22)(H,19,20)(H3,16,17,21)/t12-/m0/s1. The topological polar surface area (TPSA) is 131 Å². The lowest BCUT2D eigenvalue weighted by Gasteiger charge is -2.14. The smallest absolute Gasteiger partial charge is 0.408 e. The summed E-state index contributed by atoms with van der Waals surface area (Å²) < 4.78 is 4.98. The number of carboxylic acid groups (broad SMARTS) is 1. The van der Waals surface area contributed by atoms with Crippen molar-refractivity contribution in [2.45, 2.75) is 31.9 Å². The first kappa shape index (κ1) is 18.3. The van der Waals surface area contributed by atoms with Gasteiger partial charge in [-0.1, -0.05) is 30.3 Å². The van der Waals surface area contributed by atoms with E-state index >= 15 is 0 Å². The van der Waals surface area contributed by atoms with Crippen molar-refractivity contribution in [3.8, 4) is 0 Å². The number of rotatable bonds is 9. The summed E-state index contributed by atoms with van der Waals surface area (Å²) in [6, 6.07) is 7.42. The second kappa shape index (κ2) is 10.0. The Bertz CT molecular complexity index is 521. The Morgan fingerprint density at radius 1 is 1.17 bits per heavy atom. The first-order chi connectivity index (χ1) is 11.0. The number of nitrogens with one attached hydrogen (secondary N) is 2. The highest BCUT2D eigenvalue weighted by Crippen LogP contribution is 2.04. The van der Waals surface area contributed by atoms with Gasteiger partial charge in [-0.05, 0) is 24.8 Å². The van der Waals surface area contributed by atoms with Gasteiger partial charge in [0.05, 0.1) is 0 Å². The van der Waals surface area contributed by atoms with Gasteiger partial charge in [0.2, 0.25) is 0 Å². The summed E-state index contributed by atoms with van der Waals surface area (Å²) in [6.45, 7) is 0.432. The van der Waals surface area contributed by atoms with Crippen molar-refractivity contribution < 1.29 is 24.2 Å². The molecule has 0 fully saturated rings. The van der Waals surface area contributed by atoms with Gasteiger partial charge in [-0.25, -0.2) is 14.4 Å². The highest BCUT2D eigenvalue weighted by molar-refractivity contribution is 5.79. The molecule has 0 saturated heterocycles. The van der Waals surface area contributed by atoms with Crippen molar-refractivity contribution in [2.24, 2.45) is 5.73 Å². The molecule has 8 nitrogen and oxygen atoms in total. The fourth-order valence-electron chi connectivity index (χ4n) is 1.85. The van der Waals surface area contributed by atoms with E-state index < -0.39 is 24.1 Å². The van der Waals surface area contributed by atoms with Crippen molar-refractivity contribution in [1.82, 2.24) is 10.6 Å². The average molecular weight is 323 g/mol. The predicted molar refractivity (Wildman–Crippen MR) is 82.6 cm³/mol. The monoisotopic (exact) mass is 323 g/mol. The summed E-state index contributed by atoms with van der Waals surface area (Å²) in [5, 5.41) is 13.8. The zero-order chi connectivity index (χ0) is 17.1. The Morgan fingerprint density at radius 3 is 2.48 bits per heavy atom. The second-order valence-electron chi connectivity index (χ2n) is 4.88. The molecule has 0 bridgehead atoms. The van der Waals surface area contributed by atoms with Crippen LogP contribution < -0.4 is 16.4 Å². The number of nitrogens with two attached hydrogens (primary N) is 1. The van der Waals surface area contributed by atoms with Crippen LogP contribution in [0.3, 0.4) is 0 Å². The molecular formula is C15H21N3O5. The lowest BCUT2D eigenvalue weighted by molar-refractivity contribution is -0.139. The summed E-state index contributed by atoms with van der Waals surface area (Å²) in [7, 11) is 0. The normalized spacial score (nSPS) is 11.3. The number of primary amides is 1. The molecule has 1 aromatic carbocycles. The molecular weight excluding hydrogens is 302 g/mol. The molecule has 8 heteroatoms. The van der Waals surface area contributed by atoms with Gasteiger partial charge < -0.3 is 26.2 Å². The molecule has 0 spiro atoms. The minimum atomic E-state index is -1.13. The molecule has 126 valence electrons. The Kier molecular flexibility index (Phi) is 7.98. The summed E-state index contributed by atoms with van der Waals surface area (Å²) in [6.07, 6.45) is 0.524. The predicted octanol–water partition coefficient (Wildman–Crippen LogP) is 1.20. The maximum atomic E-state index is 11.6. The number of carbonyl (C=O) groups is 3. The van der Waals surface area contributed by atoms with E-state index in [9.17, 15) is 14.4 Å². The lowest BCUT2D eigenvalue weighted by Crippen LogP contribution is -2.41. The minimum Gasteiger partial charge on any atom is -0.480 e. The molecule has 0 saturated carbocycles. The van der Waals surface area contributed by atoms with Crippen LogP contribution in [0.2, 0.25) is 0 Å². The van der Waals surface area contributed by atoms with Crippen LogP contribution in [0.5, 0.6) is 0 Å². The van der Waals surface area contributed by atoms with Gasteiger partial charge in [-0.3, -0.25) is 0 Å². The van der Waals surface area contributed by atoms with Crippen LogP contribution in [0.25, 0.3) is 0 Å². The van der Waals surface area contributed by atoms with Gasteiger partial charge in [-0.15, -0.1) is 0 Å². The van der Waals surface area contributed by atoms with E-state index in [-0.39, 0.29) is 13.0 Å². The van der Waals surface area contributed by atoms with Gasteiger partial charge in [0, 0.05) is 6.54 Å². The van der Waals surface area contributed by atoms with Crippen LogP contribution in [-0.2, 0) is 16.1 Å². The summed E-state index contributed by atoms with van der Waals surface area (Å²) in [5.41, 5.74) is 5.72. The molecule has 0 heterocycles. The number of aliphatic carboxylic acids is 1. The maximum absolute atomic E-state index is 11.6. The molecule has 3 amide bonds. The van der Waals surface area contributed by atoms with Gasteiger partial charge in [-0.2, -0.15) is 0 Å². The maximum Gasteiger partial charge on any atom is 0.408 e. The van der Waals surface area contributed by atoms with Crippen molar-refractivity contribution in [3.63, 3.8) is 0 Å². The zero-order valence-corrected chi connectivity index (χ0v) is 12.7. The summed E-state index contributed by atoms with van der Waals surface area (Å²) in [4.78, 5) is 33.2. The Hall–Kier alpha value is -2.77. The highest BCUT2D eigenvalue weighted by atomic mass is 16.5. The number of carboxylic acids is 1. The Morgan fingerprint density at radius 2 is 1.87 bits per heavy atom. The van der Waals surface area contributed by atoms with E-state index in [0.29, 0.717) is 19.4 Å². The minimum absolute atomic E-state index is 0.0710. The average Bonchev–Trinajstić information content (AvgIpc) is 2.52. The Labute approximate surface area is 134 Å². The first-order valence-electron chi connectivity index (χ1n) is 7.22. The second-order valence-corrected chi connectivity index (χ2v) is 4.88. The molecule has 0 aliphatic heterocycles. The number of alkyl carbamates (subject to hydrolysis) is 1. The fourth-order valence-corrected chi connectivity index (χ4v) is 1.85. The van der Waals surface area contributed by atoms with Crippen molar-refractivity contribution >= 4 is 18.1 Å². The molecule has 1 aromatic rings. The van der Waals surface area contributed by atoms with Crippen LogP contribution in [0, 0.1) is 0 Å². The van der Waals surface area contributed by atoms with E-state index in [1.807, 2.05) is 18.2 Å². The van der Waals surface area contributed by atoms with Gasteiger partial charge >= 0.3 is 18.1 Å². The molecule has 0 aromatic heterocycles. The number of carbonyl (C=O) groups excluding carboxylic acids is 2. The molecule has 5 N–H and O–H groups in total. The number of hydrogen-bond acceptors (Lipinski definition) is 4. The molecule has 0 aliphatic rings. The highest BCUT2D eigenvalue weighted by Gasteiger charge is 2.20. The fraction of sp³-hybridized carbons (Fsp3) is 0.400. The zero-order valence-electron chi connectivity index (χ0n) is 12.7. The van der Waals surface area contributed by atoms with Crippen LogP contribution in [0.15, 0.2) is 30.3 Å². The Balaban J connectivity index is 2.29. The third-order valence-corrected chi connectivity index (χ3v) is 3.02. The number of urea groups is 1. The molecule has 0 radical (unpaired) electrons. The lowest BCUT2D eigenvalue weighted by atomic mass is 10.1. The van der Waals surface area contributed by atoms with Crippen LogP contribution in [0.1, 0.15) is 24.8 Å². The van der Waals surface area contributed by atoms with Crippen LogP contribution in [0.4, 0.5) is 9.59 Å². The molecule has 23 heavy (non-hydrogen) atoms. The van der Waals surface area contributed by atoms with Gasteiger partial charge in [0.1, 0.15) is 12.6 Å². The van der Waals surface area contributed by atoms with E-state index in [4.69, 9.17) is 15.6 Å². The van der Waals surface area contributed by atoms with Crippen molar-refractivity contribution in [1.29, 1.82) is 0 Å². The van der Waals surface area contributed by atoms with Crippen molar-refractivity contribution in [3.05, 3.63) is 35.9 Å². The molecule has 0 aliphatic carbocycles. The van der Waals surface area contributed by atoms with Crippen LogP contribution in [-0.4, -0.2) is 35.8 Å². The van der Waals surface area contributed by atoms with E-state index in [1.54, 1.807) is 12.1 Å². The van der Waals surface area contributed by atoms with Crippen LogP contribution >= 0.6 is 0 Å². The number of hydrogen-bond donors (Lipinski definition) is 4.